The topological polar surface area (TPSA) is 80.3 Å². The molecule has 2 saturated heterocycles. The summed E-state index contributed by atoms with van der Waals surface area (Å²) in [6.07, 6.45) is 5.36. The van der Waals surface area contributed by atoms with Crippen LogP contribution < -0.4 is 14.8 Å². The number of aliphatic hydroxyl groups is 1. The highest BCUT2D eigenvalue weighted by Gasteiger charge is 2.84. The molecule has 7 heteroatoms. The number of methoxy groups -OCH3 is 1. The Morgan fingerprint density at radius 2 is 2.14 bits per heavy atom. The van der Waals surface area contributed by atoms with Crippen LogP contribution in [-0.4, -0.2) is 60.1 Å². The van der Waals surface area contributed by atoms with Gasteiger partial charge in [0, 0.05) is 11.5 Å². The Morgan fingerprint density at radius 3 is 3.00 bits per heavy atom. The molecular formula is C22H26N2O5. The average Bonchev–Trinajstić information content (AvgIpc) is 3.43. The largest absolute Gasteiger partial charge is 0.467 e. The van der Waals surface area contributed by atoms with Gasteiger partial charge in [-0.25, -0.2) is 4.79 Å². The molecule has 1 aromatic rings. The van der Waals surface area contributed by atoms with E-state index in [1.807, 2.05) is 6.07 Å². The number of hydrogen-bond donors (Lipinski definition) is 2. The lowest BCUT2D eigenvalue weighted by atomic mass is 9.37. The van der Waals surface area contributed by atoms with Gasteiger partial charge in [0.1, 0.15) is 0 Å². The summed E-state index contributed by atoms with van der Waals surface area (Å²) in [6, 6.07) is 4.47. The Balaban J connectivity index is 1.56. The molecule has 29 heavy (non-hydrogen) atoms. The summed E-state index contributed by atoms with van der Waals surface area (Å²) in [5, 5.41) is 15.8. The fraction of sp³-hybridized carbons (Fsp3) is 0.682. The van der Waals surface area contributed by atoms with Crippen LogP contribution in [0.25, 0.3) is 0 Å². The lowest BCUT2D eigenvalue weighted by Gasteiger charge is -2.71. The minimum atomic E-state index is -1.56. The molecule has 8 rings (SSSR count). The van der Waals surface area contributed by atoms with E-state index in [-0.39, 0.29) is 17.6 Å². The second-order valence-electron chi connectivity index (χ2n) is 9.91. The normalized spacial score (nSPS) is 45.4. The van der Waals surface area contributed by atoms with Crippen LogP contribution in [0.1, 0.15) is 44.1 Å². The van der Waals surface area contributed by atoms with E-state index in [0.29, 0.717) is 12.5 Å². The van der Waals surface area contributed by atoms with E-state index in [4.69, 9.17) is 14.2 Å². The van der Waals surface area contributed by atoms with Gasteiger partial charge in [0.15, 0.2) is 17.1 Å². The van der Waals surface area contributed by atoms with E-state index in [2.05, 4.69) is 16.3 Å². The van der Waals surface area contributed by atoms with Gasteiger partial charge in [-0.2, -0.15) is 0 Å². The van der Waals surface area contributed by atoms with Crippen LogP contribution >= 0.6 is 0 Å². The SMILES string of the molecule is COC(=O)[C@]1(O)C[C@]23CCCN4CC[C@@]5(c6ccc7c(c6N[C@]15CC2)OCO7)[C@@H]43. The third-order valence-corrected chi connectivity index (χ3v) is 9.28. The Kier molecular flexibility index (Phi) is 2.80. The zero-order chi connectivity index (χ0) is 19.6. The van der Waals surface area contributed by atoms with Crippen LogP contribution in [0.3, 0.4) is 0 Å². The first-order valence-electron chi connectivity index (χ1n) is 10.8. The second-order valence-corrected chi connectivity index (χ2v) is 9.91. The van der Waals surface area contributed by atoms with Gasteiger partial charge in [-0.05, 0) is 68.7 Å². The summed E-state index contributed by atoms with van der Waals surface area (Å²) in [7, 11) is 1.39. The van der Waals surface area contributed by atoms with Crippen molar-refractivity contribution < 1.29 is 24.1 Å². The summed E-state index contributed by atoms with van der Waals surface area (Å²) < 4.78 is 16.7. The average molecular weight is 398 g/mol. The molecule has 7 nitrogen and oxygen atoms in total. The highest BCUT2D eigenvalue weighted by atomic mass is 16.7. The van der Waals surface area contributed by atoms with E-state index in [1.165, 1.54) is 12.7 Å². The van der Waals surface area contributed by atoms with E-state index >= 15 is 0 Å². The number of nitrogens with zero attached hydrogens (tertiary/aromatic N) is 1. The molecule has 3 aliphatic carbocycles. The predicted octanol–water partition coefficient (Wildman–Crippen LogP) is 1.77. The number of hydrogen-bond acceptors (Lipinski definition) is 7. The lowest BCUT2D eigenvalue weighted by molar-refractivity contribution is -0.223. The number of ether oxygens (including phenoxy) is 3. The van der Waals surface area contributed by atoms with Crippen molar-refractivity contribution in [3.8, 4) is 11.5 Å². The summed E-state index contributed by atoms with van der Waals surface area (Å²) in [5.74, 6) is 0.944. The summed E-state index contributed by atoms with van der Waals surface area (Å²) in [6.45, 7) is 2.30. The van der Waals surface area contributed by atoms with Crippen molar-refractivity contribution in [3.63, 3.8) is 0 Å². The maximum atomic E-state index is 13.2. The number of nitrogens with one attached hydrogen (secondary N) is 1. The first-order valence-corrected chi connectivity index (χ1v) is 10.8. The zero-order valence-corrected chi connectivity index (χ0v) is 16.6. The first kappa shape index (κ1) is 16.8. The molecule has 0 radical (unpaired) electrons. The molecule has 2 bridgehead atoms. The fourth-order valence-corrected chi connectivity index (χ4v) is 8.58. The molecule has 3 spiro atoms. The molecule has 0 aromatic heterocycles. The molecular weight excluding hydrogens is 372 g/mol. The smallest absolute Gasteiger partial charge is 0.340 e. The standard InChI is InChI=1S/C22H26N2O5/c1-27-18(25)21(26)11-19-5-2-9-24-10-8-20(17(19)24)13-3-4-14-16(29-12-28-14)15(13)23-22(20,21)7-6-19/h3-4,17,23,26H,2,5-12H2,1H3/t17-,19-,20+,21+,22-/m0/s1. The van der Waals surface area contributed by atoms with E-state index < -0.39 is 17.1 Å². The zero-order valence-electron chi connectivity index (χ0n) is 16.6. The molecule has 154 valence electrons. The van der Waals surface area contributed by atoms with Crippen LogP contribution in [0.15, 0.2) is 12.1 Å². The summed E-state index contributed by atoms with van der Waals surface area (Å²) in [5.41, 5.74) is -0.637. The van der Waals surface area contributed by atoms with Gasteiger partial charge < -0.3 is 24.6 Å². The van der Waals surface area contributed by atoms with E-state index in [0.717, 1.165) is 62.4 Å². The van der Waals surface area contributed by atoms with Crippen molar-refractivity contribution in [3.05, 3.63) is 17.7 Å². The number of anilines is 1. The van der Waals surface area contributed by atoms with Gasteiger partial charge in [0.2, 0.25) is 6.79 Å². The lowest BCUT2D eigenvalue weighted by Crippen LogP contribution is -2.83. The van der Waals surface area contributed by atoms with E-state index in [9.17, 15) is 9.90 Å². The van der Waals surface area contributed by atoms with Crippen LogP contribution in [0, 0.1) is 5.41 Å². The summed E-state index contributed by atoms with van der Waals surface area (Å²) >= 11 is 0. The highest BCUT2D eigenvalue weighted by Crippen LogP contribution is 2.76. The number of fused-ring (bicyclic) bond motifs is 5. The second kappa shape index (κ2) is 4.83. The number of carbonyl (C=O) groups excluding carboxylic acids is 1. The van der Waals surface area contributed by atoms with Gasteiger partial charge in [-0.3, -0.25) is 4.90 Å². The van der Waals surface area contributed by atoms with Crippen LogP contribution in [0.4, 0.5) is 5.69 Å². The molecule has 7 aliphatic rings. The molecule has 0 amide bonds. The molecule has 0 unspecified atom stereocenters. The molecule has 4 aliphatic heterocycles. The molecule has 3 saturated carbocycles. The number of benzene rings is 1. The van der Waals surface area contributed by atoms with Gasteiger partial charge in [-0.1, -0.05) is 6.07 Å². The predicted molar refractivity (Wildman–Crippen MR) is 103 cm³/mol. The Morgan fingerprint density at radius 1 is 1.24 bits per heavy atom. The van der Waals surface area contributed by atoms with Gasteiger partial charge >= 0.3 is 5.97 Å². The van der Waals surface area contributed by atoms with Crippen molar-refractivity contribution >= 4 is 11.7 Å². The van der Waals surface area contributed by atoms with Crippen molar-refractivity contribution in [1.29, 1.82) is 0 Å². The van der Waals surface area contributed by atoms with Crippen LogP contribution in [-0.2, 0) is 14.9 Å². The maximum Gasteiger partial charge on any atom is 0.340 e. The molecule has 1 aromatic carbocycles. The summed E-state index contributed by atoms with van der Waals surface area (Å²) in [4.78, 5) is 15.8. The van der Waals surface area contributed by atoms with Gasteiger partial charge in [0.25, 0.3) is 0 Å². The van der Waals surface area contributed by atoms with Gasteiger partial charge in [-0.15, -0.1) is 0 Å². The van der Waals surface area contributed by atoms with Crippen molar-refractivity contribution in [2.75, 3.05) is 32.3 Å². The van der Waals surface area contributed by atoms with Crippen molar-refractivity contribution in [1.82, 2.24) is 4.90 Å². The minimum absolute atomic E-state index is 0.0564. The van der Waals surface area contributed by atoms with E-state index in [1.54, 1.807) is 0 Å². The number of rotatable bonds is 1. The molecule has 2 N–H and O–H groups in total. The Bertz CT molecular complexity index is 967. The quantitative estimate of drug-likeness (QED) is 0.698. The molecule has 5 fully saturated rings. The van der Waals surface area contributed by atoms with Crippen molar-refractivity contribution in [2.24, 2.45) is 5.41 Å². The first-order chi connectivity index (χ1) is 14.0. The third kappa shape index (κ3) is 1.50. The van der Waals surface area contributed by atoms with Gasteiger partial charge in [0.05, 0.1) is 18.3 Å². The van der Waals surface area contributed by atoms with Crippen LogP contribution in [0.2, 0.25) is 0 Å². The number of piperidine rings is 1. The van der Waals surface area contributed by atoms with Crippen molar-refractivity contribution in [2.45, 2.75) is 61.1 Å². The third-order valence-electron chi connectivity index (χ3n) is 9.28. The minimum Gasteiger partial charge on any atom is -0.467 e. The monoisotopic (exact) mass is 398 g/mol. The fourth-order valence-electron chi connectivity index (χ4n) is 8.58. The number of carbonyl (C=O) groups is 1. The molecule has 5 atom stereocenters. The maximum absolute atomic E-state index is 13.2. The Labute approximate surface area is 169 Å². The van der Waals surface area contributed by atoms with Crippen LogP contribution in [0.5, 0.6) is 11.5 Å². The molecule has 4 heterocycles. The Hall–Kier alpha value is -1.99. The number of esters is 1. The highest BCUT2D eigenvalue weighted by molar-refractivity contribution is 5.88.